The minimum atomic E-state index is -0.703. The van der Waals surface area contributed by atoms with Crippen molar-refractivity contribution < 1.29 is 9.90 Å². The molecule has 2 heterocycles. The molecule has 0 spiro atoms. The quantitative estimate of drug-likeness (QED) is 0.704. The van der Waals surface area contributed by atoms with E-state index in [2.05, 4.69) is 16.8 Å². The van der Waals surface area contributed by atoms with Gasteiger partial charge in [-0.05, 0) is 31.2 Å². The standard InChI is InChI=1S/C18H14ClN3O2/c1-11(23)5-6-12-3-2-4-13(9-12)16-15-8-7-14(19)10-22(15)18(21-16)17(20)24/h2-4,7-11,23H,1H3,(H2,20,24)/t11-/m1/s1. The van der Waals surface area contributed by atoms with Crippen molar-refractivity contribution in [2.75, 3.05) is 0 Å². The maximum atomic E-state index is 11.7. The fourth-order valence-electron chi connectivity index (χ4n) is 2.38. The average Bonchev–Trinajstić information content (AvgIpc) is 2.92. The predicted molar refractivity (Wildman–Crippen MR) is 92.7 cm³/mol. The first-order valence-corrected chi connectivity index (χ1v) is 7.61. The summed E-state index contributed by atoms with van der Waals surface area (Å²) < 4.78 is 1.58. The lowest BCUT2D eigenvalue weighted by molar-refractivity contribution is 0.0990. The number of hydrogen-bond acceptors (Lipinski definition) is 3. The zero-order valence-corrected chi connectivity index (χ0v) is 13.6. The van der Waals surface area contributed by atoms with Crippen LogP contribution in [0.3, 0.4) is 0 Å². The summed E-state index contributed by atoms with van der Waals surface area (Å²) in [5.74, 6) is 5.07. The van der Waals surface area contributed by atoms with Gasteiger partial charge in [-0.25, -0.2) is 4.98 Å². The number of carbonyl (C=O) groups is 1. The molecule has 0 aliphatic carbocycles. The van der Waals surface area contributed by atoms with Gasteiger partial charge in [0.05, 0.1) is 16.2 Å². The van der Waals surface area contributed by atoms with Crippen LogP contribution in [-0.4, -0.2) is 26.5 Å². The van der Waals surface area contributed by atoms with Crippen molar-refractivity contribution in [2.24, 2.45) is 5.73 Å². The fraction of sp³-hybridized carbons (Fsp3) is 0.111. The van der Waals surface area contributed by atoms with Crippen LogP contribution >= 0.6 is 11.6 Å². The van der Waals surface area contributed by atoms with Gasteiger partial charge in [0.2, 0.25) is 5.82 Å². The number of benzene rings is 1. The van der Waals surface area contributed by atoms with E-state index in [4.69, 9.17) is 17.3 Å². The monoisotopic (exact) mass is 339 g/mol. The van der Waals surface area contributed by atoms with Crippen LogP contribution in [0.5, 0.6) is 0 Å². The third kappa shape index (κ3) is 3.11. The van der Waals surface area contributed by atoms with E-state index in [9.17, 15) is 9.90 Å². The van der Waals surface area contributed by atoms with Crippen molar-refractivity contribution in [3.05, 3.63) is 59.0 Å². The summed E-state index contributed by atoms with van der Waals surface area (Å²) in [6.07, 6.45) is 0.899. The number of rotatable bonds is 2. The lowest BCUT2D eigenvalue weighted by atomic mass is 10.1. The molecule has 1 atom stereocenters. The number of hydrogen-bond donors (Lipinski definition) is 2. The van der Waals surface area contributed by atoms with Crippen LogP contribution in [-0.2, 0) is 0 Å². The van der Waals surface area contributed by atoms with Crippen LogP contribution in [0, 0.1) is 11.8 Å². The number of nitrogens with two attached hydrogens (primary N) is 1. The van der Waals surface area contributed by atoms with Crippen molar-refractivity contribution >= 4 is 23.0 Å². The molecule has 0 aliphatic rings. The van der Waals surface area contributed by atoms with E-state index in [-0.39, 0.29) is 5.82 Å². The predicted octanol–water partition coefficient (Wildman–Crippen LogP) is 2.49. The second kappa shape index (κ2) is 6.36. The normalized spacial score (nSPS) is 11.8. The molecular formula is C18H14ClN3O2. The summed E-state index contributed by atoms with van der Waals surface area (Å²) in [6.45, 7) is 1.60. The van der Waals surface area contributed by atoms with Crippen molar-refractivity contribution in [1.29, 1.82) is 0 Å². The smallest absolute Gasteiger partial charge is 0.285 e. The number of fused-ring (bicyclic) bond motifs is 1. The number of nitrogens with zero attached hydrogens (tertiary/aromatic N) is 2. The van der Waals surface area contributed by atoms with Crippen molar-refractivity contribution in [3.63, 3.8) is 0 Å². The second-order valence-electron chi connectivity index (χ2n) is 5.28. The summed E-state index contributed by atoms with van der Waals surface area (Å²) in [5.41, 5.74) is 8.28. The molecular weight excluding hydrogens is 326 g/mol. The molecule has 3 rings (SSSR count). The van der Waals surface area contributed by atoms with Gasteiger partial charge in [-0.1, -0.05) is 35.6 Å². The minimum absolute atomic E-state index is 0.114. The van der Waals surface area contributed by atoms with Crippen molar-refractivity contribution in [1.82, 2.24) is 9.38 Å². The van der Waals surface area contributed by atoms with Crippen molar-refractivity contribution in [3.8, 4) is 23.1 Å². The van der Waals surface area contributed by atoms with E-state index in [0.29, 0.717) is 16.2 Å². The van der Waals surface area contributed by atoms with Gasteiger partial charge < -0.3 is 10.8 Å². The number of pyridine rings is 1. The van der Waals surface area contributed by atoms with Crippen LogP contribution in [0.2, 0.25) is 5.02 Å². The first kappa shape index (κ1) is 16.1. The average molecular weight is 340 g/mol. The third-order valence-corrected chi connectivity index (χ3v) is 3.61. The number of aromatic nitrogens is 2. The summed E-state index contributed by atoms with van der Waals surface area (Å²) >= 11 is 6.00. The molecule has 1 aromatic carbocycles. The molecule has 0 saturated carbocycles. The number of primary amides is 1. The van der Waals surface area contributed by atoms with Gasteiger partial charge in [0.25, 0.3) is 5.91 Å². The van der Waals surface area contributed by atoms with E-state index in [0.717, 1.165) is 11.1 Å². The molecule has 5 nitrogen and oxygen atoms in total. The number of imidazole rings is 1. The molecule has 0 aliphatic heterocycles. The third-order valence-electron chi connectivity index (χ3n) is 3.38. The van der Waals surface area contributed by atoms with Crippen LogP contribution in [0.25, 0.3) is 16.8 Å². The summed E-state index contributed by atoms with van der Waals surface area (Å²) in [4.78, 5) is 16.0. The molecule has 3 N–H and O–H groups in total. The SMILES string of the molecule is C[C@@H](O)C#Cc1cccc(-c2nc(C(N)=O)n3cc(Cl)ccc23)c1. The number of amides is 1. The van der Waals surface area contributed by atoms with Crippen LogP contribution < -0.4 is 5.73 Å². The minimum Gasteiger partial charge on any atom is -0.381 e. The first-order chi connectivity index (χ1) is 11.5. The Labute approximate surface area is 143 Å². The highest BCUT2D eigenvalue weighted by Gasteiger charge is 2.16. The lowest BCUT2D eigenvalue weighted by Crippen LogP contribution is -2.15. The Kier molecular flexibility index (Phi) is 4.26. The molecule has 1 amide bonds. The zero-order chi connectivity index (χ0) is 17.3. The number of aliphatic hydroxyl groups is 1. The molecule has 3 aromatic rings. The molecule has 0 unspecified atom stereocenters. The molecule has 0 saturated heterocycles. The van der Waals surface area contributed by atoms with Gasteiger partial charge in [0.1, 0.15) is 6.10 Å². The fourth-order valence-corrected chi connectivity index (χ4v) is 2.54. The lowest BCUT2D eigenvalue weighted by Gasteiger charge is -2.01. The van der Waals surface area contributed by atoms with E-state index in [1.807, 2.05) is 24.3 Å². The molecule has 0 fully saturated rings. The highest BCUT2D eigenvalue weighted by Crippen LogP contribution is 2.27. The summed E-state index contributed by atoms with van der Waals surface area (Å²) in [5, 5.41) is 9.76. The number of carbonyl (C=O) groups excluding carboxylic acids is 1. The Hall–Kier alpha value is -2.81. The molecule has 2 aromatic heterocycles. The van der Waals surface area contributed by atoms with Crippen LogP contribution in [0.15, 0.2) is 42.6 Å². The Morgan fingerprint density at radius 2 is 2.17 bits per heavy atom. The van der Waals surface area contributed by atoms with Gasteiger partial charge in [-0.3, -0.25) is 9.20 Å². The van der Waals surface area contributed by atoms with E-state index < -0.39 is 12.0 Å². The second-order valence-corrected chi connectivity index (χ2v) is 5.71. The van der Waals surface area contributed by atoms with E-state index in [1.165, 1.54) is 0 Å². The maximum Gasteiger partial charge on any atom is 0.285 e. The van der Waals surface area contributed by atoms with Gasteiger partial charge in [0, 0.05) is 17.3 Å². The van der Waals surface area contributed by atoms with E-state index in [1.54, 1.807) is 29.7 Å². The molecule has 120 valence electrons. The van der Waals surface area contributed by atoms with Gasteiger partial charge in [-0.2, -0.15) is 0 Å². The largest absolute Gasteiger partial charge is 0.381 e. The van der Waals surface area contributed by atoms with Crippen LogP contribution in [0.4, 0.5) is 0 Å². The highest BCUT2D eigenvalue weighted by atomic mass is 35.5. The van der Waals surface area contributed by atoms with Crippen LogP contribution in [0.1, 0.15) is 23.1 Å². The molecule has 0 radical (unpaired) electrons. The number of halogens is 1. The zero-order valence-electron chi connectivity index (χ0n) is 12.8. The topological polar surface area (TPSA) is 80.6 Å². The Morgan fingerprint density at radius 3 is 2.88 bits per heavy atom. The molecule has 0 bridgehead atoms. The Morgan fingerprint density at radius 1 is 1.38 bits per heavy atom. The van der Waals surface area contributed by atoms with E-state index >= 15 is 0 Å². The first-order valence-electron chi connectivity index (χ1n) is 7.23. The summed E-state index contributed by atoms with van der Waals surface area (Å²) in [7, 11) is 0. The Bertz CT molecular complexity index is 996. The molecule has 24 heavy (non-hydrogen) atoms. The Balaban J connectivity index is 2.19. The number of aliphatic hydroxyl groups excluding tert-OH is 1. The van der Waals surface area contributed by atoms with Gasteiger partial charge in [0.15, 0.2) is 0 Å². The highest BCUT2D eigenvalue weighted by molar-refractivity contribution is 6.30. The maximum absolute atomic E-state index is 11.7. The van der Waals surface area contributed by atoms with Crippen molar-refractivity contribution in [2.45, 2.75) is 13.0 Å². The van der Waals surface area contributed by atoms with Gasteiger partial charge >= 0.3 is 0 Å². The van der Waals surface area contributed by atoms with Gasteiger partial charge in [-0.15, -0.1) is 0 Å². The molecule has 6 heteroatoms. The summed E-state index contributed by atoms with van der Waals surface area (Å²) in [6, 6.07) is 10.9.